The number of methoxy groups -OCH3 is 1. The van der Waals surface area contributed by atoms with Gasteiger partial charge in [0.2, 0.25) is 0 Å². The summed E-state index contributed by atoms with van der Waals surface area (Å²) in [5.41, 5.74) is -0.921. The van der Waals surface area contributed by atoms with Crippen LogP contribution in [0.2, 0.25) is 0 Å². The molecule has 0 saturated heterocycles. The number of hydrogen-bond acceptors (Lipinski definition) is 2. The third-order valence-corrected chi connectivity index (χ3v) is 3.28. The van der Waals surface area contributed by atoms with Gasteiger partial charge in [0.25, 0.3) is 0 Å². The summed E-state index contributed by atoms with van der Waals surface area (Å²) in [5.74, 6) is 0.385. The molecule has 0 aromatic carbocycles. The van der Waals surface area contributed by atoms with E-state index in [9.17, 15) is 4.79 Å². The molecule has 2 rings (SSSR count). The monoisotopic (exact) mass is 178 g/mol. The minimum Gasteiger partial charge on any atom is -0.366 e. The van der Waals surface area contributed by atoms with Gasteiger partial charge in [0.15, 0.2) is 11.4 Å². The van der Waals surface area contributed by atoms with Crippen LogP contribution in [0.15, 0.2) is 24.3 Å². The van der Waals surface area contributed by atoms with Crippen molar-refractivity contribution in [3.05, 3.63) is 24.3 Å². The van der Waals surface area contributed by atoms with Gasteiger partial charge >= 0.3 is 0 Å². The standard InChI is InChI=1S/C11H14O2/c1-10(2)8-6-4-5-7-11(8,13-3)9(10)12/h4-8H,1-3H3. The van der Waals surface area contributed by atoms with E-state index in [0.29, 0.717) is 0 Å². The number of rotatable bonds is 1. The number of hydrogen-bond donors (Lipinski definition) is 0. The highest BCUT2D eigenvalue weighted by Gasteiger charge is 2.65. The van der Waals surface area contributed by atoms with Gasteiger partial charge < -0.3 is 4.74 Å². The van der Waals surface area contributed by atoms with Crippen molar-refractivity contribution in [3.63, 3.8) is 0 Å². The highest BCUT2D eigenvalue weighted by Crippen LogP contribution is 2.54. The van der Waals surface area contributed by atoms with Crippen LogP contribution in [-0.2, 0) is 9.53 Å². The molecule has 0 spiro atoms. The van der Waals surface area contributed by atoms with Gasteiger partial charge in [-0.25, -0.2) is 0 Å². The molecule has 0 aromatic rings. The Labute approximate surface area is 78.3 Å². The first-order valence-electron chi connectivity index (χ1n) is 4.52. The van der Waals surface area contributed by atoms with Crippen molar-refractivity contribution >= 4 is 5.78 Å². The molecule has 2 heteroatoms. The Hall–Kier alpha value is -0.890. The molecule has 0 aliphatic heterocycles. The van der Waals surface area contributed by atoms with Crippen molar-refractivity contribution in [2.24, 2.45) is 11.3 Å². The summed E-state index contributed by atoms with van der Waals surface area (Å²) in [6.45, 7) is 3.95. The van der Waals surface area contributed by atoms with Crippen molar-refractivity contribution in [2.45, 2.75) is 19.4 Å². The van der Waals surface area contributed by atoms with Crippen molar-refractivity contribution in [1.29, 1.82) is 0 Å². The second-order valence-electron chi connectivity index (χ2n) is 4.27. The third-order valence-electron chi connectivity index (χ3n) is 3.28. The lowest BCUT2D eigenvalue weighted by molar-refractivity contribution is -0.179. The first-order chi connectivity index (χ1) is 6.05. The summed E-state index contributed by atoms with van der Waals surface area (Å²) < 4.78 is 5.34. The maximum atomic E-state index is 11.9. The molecular formula is C11H14O2. The lowest BCUT2D eigenvalue weighted by Gasteiger charge is -2.55. The topological polar surface area (TPSA) is 26.3 Å². The van der Waals surface area contributed by atoms with E-state index in [1.54, 1.807) is 7.11 Å². The van der Waals surface area contributed by atoms with Crippen molar-refractivity contribution < 1.29 is 9.53 Å². The molecule has 2 aliphatic rings. The molecule has 1 saturated carbocycles. The summed E-state index contributed by atoms with van der Waals surface area (Å²) in [4.78, 5) is 11.9. The van der Waals surface area contributed by atoms with E-state index in [1.807, 2.05) is 32.1 Å². The number of carbonyl (C=O) groups is 1. The molecule has 2 unspecified atom stereocenters. The second-order valence-corrected chi connectivity index (χ2v) is 4.27. The van der Waals surface area contributed by atoms with E-state index >= 15 is 0 Å². The lowest BCUT2D eigenvalue weighted by atomic mass is 9.50. The molecule has 2 atom stereocenters. The van der Waals surface area contributed by atoms with Crippen LogP contribution in [0.3, 0.4) is 0 Å². The first kappa shape index (κ1) is 8.70. The summed E-state index contributed by atoms with van der Waals surface area (Å²) in [7, 11) is 1.60. The maximum absolute atomic E-state index is 11.9. The van der Waals surface area contributed by atoms with E-state index in [2.05, 4.69) is 6.08 Å². The van der Waals surface area contributed by atoms with Crippen LogP contribution >= 0.6 is 0 Å². The quantitative estimate of drug-likeness (QED) is 0.611. The van der Waals surface area contributed by atoms with Crippen molar-refractivity contribution in [3.8, 4) is 0 Å². The molecule has 0 radical (unpaired) electrons. The summed E-state index contributed by atoms with van der Waals surface area (Å²) in [5, 5.41) is 0. The van der Waals surface area contributed by atoms with Crippen LogP contribution in [0.25, 0.3) is 0 Å². The molecule has 0 N–H and O–H groups in total. The molecule has 1 fully saturated rings. The molecule has 0 bridgehead atoms. The zero-order valence-corrected chi connectivity index (χ0v) is 8.20. The fourth-order valence-corrected chi connectivity index (χ4v) is 2.47. The maximum Gasteiger partial charge on any atom is 0.175 e. The molecule has 13 heavy (non-hydrogen) atoms. The average molecular weight is 178 g/mol. The molecule has 2 aliphatic carbocycles. The van der Waals surface area contributed by atoms with Gasteiger partial charge in [0, 0.05) is 18.4 Å². The summed E-state index contributed by atoms with van der Waals surface area (Å²) in [6, 6.07) is 0. The van der Waals surface area contributed by atoms with E-state index in [0.717, 1.165) is 0 Å². The zero-order chi connectivity index (χ0) is 9.69. The van der Waals surface area contributed by atoms with E-state index in [1.165, 1.54) is 0 Å². The molecule has 2 nitrogen and oxygen atoms in total. The van der Waals surface area contributed by atoms with Crippen LogP contribution in [0.5, 0.6) is 0 Å². The number of Topliss-reactive ketones (excluding diaryl/α,β-unsaturated/α-hetero) is 1. The van der Waals surface area contributed by atoms with Crippen molar-refractivity contribution in [2.75, 3.05) is 7.11 Å². The number of fused-ring (bicyclic) bond motifs is 1. The smallest absolute Gasteiger partial charge is 0.175 e. The van der Waals surface area contributed by atoms with Crippen LogP contribution in [0, 0.1) is 11.3 Å². The number of ether oxygens (including phenoxy) is 1. The van der Waals surface area contributed by atoms with E-state index < -0.39 is 5.60 Å². The minimum absolute atomic E-state index is 0.188. The second kappa shape index (κ2) is 2.32. The van der Waals surface area contributed by atoms with Crippen LogP contribution in [0.1, 0.15) is 13.8 Å². The SMILES string of the molecule is COC12C=CC=CC1C(C)(C)C2=O. The normalized spacial score (nSPS) is 39.9. The van der Waals surface area contributed by atoms with Crippen LogP contribution in [0.4, 0.5) is 0 Å². The third kappa shape index (κ3) is 0.792. The Balaban J connectivity index is 2.43. The number of carbonyl (C=O) groups excluding carboxylic acids is 1. The van der Waals surface area contributed by atoms with Gasteiger partial charge in [-0.3, -0.25) is 4.79 Å². The molecule has 70 valence electrons. The van der Waals surface area contributed by atoms with Gasteiger partial charge in [0.1, 0.15) is 0 Å². The molecule has 0 aromatic heterocycles. The lowest BCUT2D eigenvalue weighted by Crippen LogP contribution is -2.68. The Bertz CT molecular complexity index is 312. The van der Waals surface area contributed by atoms with Gasteiger partial charge in [0.05, 0.1) is 0 Å². The molecule has 0 heterocycles. The van der Waals surface area contributed by atoms with Gasteiger partial charge in [-0.05, 0) is 6.08 Å². The van der Waals surface area contributed by atoms with Gasteiger partial charge in [-0.2, -0.15) is 0 Å². The first-order valence-corrected chi connectivity index (χ1v) is 4.52. The Kier molecular flexibility index (Phi) is 1.55. The Morgan fingerprint density at radius 1 is 1.38 bits per heavy atom. The highest BCUT2D eigenvalue weighted by atomic mass is 16.5. The van der Waals surface area contributed by atoms with Crippen LogP contribution in [-0.4, -0.2) is 18.5 Å². The average Bonchev–Trinajstić information content (AvgIpc) is 2.16. The summed E-state index contributed by atoms with van der Waals surface area (Å²) >= 11 is 0. The largest absolute Gasteiger partial charge is 0.366 e. The van der Waals surface area contributed by atoms with Crippen molar-refractivity contribution in [1.82, 2.24) is 0 Å². The van der Waals surface area contributed by atoms with E-state index in [4.69, 9.17) is 4.74 Å². The molecular weight excluding hydrogens is 164 g/mol. The fourth-order valence-electron chi connectivity index (χ4n) is 2.47. The Morgan fingerprint density at radius 3 is 2.62 bits per heavy atom. The van der Waals surface area contributed by atoms with E-state index in [-0.39, 0.29) is 17.1 Å². The minimum atomic E-state index is -0.655. The van der Waals surface area contributed by atoms with Crippen LogP contribution < -0.4 is 0 Å². The van der Waals surface area contributed by atoms with Gasteiger partial charge in [-0.1, -0.05) is 32.1 Å². The predicted molar refractivity (Wildman–Crippen MR) is 50.3 cm³/mol. The summed E-state index contributed by atoms with van der Waals surface area (Å²) in [6.07, 6.45) is 7.79. The zero-order valence-electron chi connectivity index (χ0n) is 8.20. The fraction of sp³-hybridized carbons (Fsp3) is 0.545. The Morgan fingerprint density at radius 2 is 2.08 bits per heavy atom. The molecule has 0 amide bonds. The van der Waals surface area contributed by atoms with Gasteiger partial charge in [-0.15, -0.1) is 0 Å². The highest BCUT2D eigenvalue weighted by molar-refractivity contribution is 6.02. The predicted octanol–water partition coefficient (Wildman–Crippen LogP) is 1.72. The number of allylic oxidation sites excluding steroid dienone is 2. The number of ketones is 1.